The molecule has 0 rings (SSSR count). The molecule has 0 aromatic heterocycles. The van der Waals surface area contributed by atoms with Gasteiger partial charge in [0.2, 0.25) is 0 Å². The molecule has 0 N–H and O–H groups in total. The summed E-state index contributed by atoms with van der Waals surface area (Å²) in [4.78, 5) is 33.0. The number of Topliss-reactive ketones (excluding diaryl/α,β-unsaturated/α-hetero) is 2. The van der Waals surface area contributed by atoms with Crippen molar-refractivity contribution >= 4 is 17.5 Å². The molecule has 0 bridgehead atoms. The second kappa shape index (κ2) is 6.11. The van der Waals surface area contributed by atoms with E-state index in [1.807, 2.05) is 0 Å². The van der Waals surface area contributed by atoms with Gasteiger partial charge in [0.05, 0.1) is 6.42 Å². The minimum atomic E-state index is -0.516. The summed E-state index contributed by atoms with van der Waals surface area (Å²) in [6.45, 7) is 7.92. The smallest absolute Gasteiger partial charge is 0.333 e. The van der Waals surface area contributed by atoms with E-state index < -0.39 is 11.9 Å². The molecule has 0 aromatic rings. The van der Waals surface area contributed by atoms with Crippen molar-refractivity contribution in [1.29, 1.82) is 0 Å². The van der Waals surface area contributed by atoms with Crippen LogP contribution in [0.5, 0.6) is 0 Å². The minimum Gasteiger partial charge on any atom is -0.462 e. The molecule has 0 saturated carbocycles. The van der Waals surface area contributed by atoms with E-state index in [4.69, 9.17) is 4.74 Å². The Labute approximate surface area is 89.3 Å². The summed E-state index contributed by atoms with van der Waals surface area (Å²) < 4.78 is 4.80. The number of carbonyl (C=O) groups excluding carboxylic acids is 3. The molecule has 1 atom stereocenters. The van der Waals surface area contributed by atoms with Gasteiger partial charge in [0.25, 0.3) is 0 Å². The first-order valence-electron chi connectivity index (χ1n) is 4.69. The summed E-state index contributed by atoms with van der Waals surface area (Å²) in [7, 11) is 0. The average Bonchev–Trinajstić information content (AvgIpc) is 2.12. The second-order valence-electron chi connectivity index (χ2n) is 3.62. The van der Waals surface area contributed by atoms with E-state index in [0.29, 0.717) is 5.57 Å². The molecule has 0 heterocycles. The Balaban J connectivity index is 3.98. The van der Waals surface area contributed by atoms with Gasteiger partial charge in [0.15, 0.2) is 0 Å². The SMILES string of the molecule is C=C(C)C(=O)OCC(C)C(=O)CC(C)=O. The Kier molecular flexibility index (Phi) is 5.52. The Morgan fingerprint density at radius 2 is 1.80 bits per heavy atom. The van der Waals surface area contributed by atoms with Crippen LogP contribution in [0.1, 0.15) is 27.2 Å². The topological polar surface area (TPSA) is 60.4 Å². The van der Waals surface area contributed by atoms with Crippen LogP contribution in [-0.2, 0) is 19.1 Å². The number of hydrogen-bond acceptors (Lipinski definition) is 4. The van der Waals surface area contributed by atoms with Crippen molar-refractivity contribution in [3.63, 3.8) is 0 Å². The maximum absolute atomic E-state index is 11.3. The summed E-state index contributed by atoms with van der Waals surface area (Å²) in [5.41, 5.74) is 0.293. The largest absolute Gasteiger partial charge is 0.462 e. The van der Waals surface area contributed by atoms with Gasteiger partial charge in [-0.1, -0.05) is 13.5 Å². The van der Waals surface area contributed by atoms with Gasteiger partial charge in [-0.2, -0.15) is 0 Å². The normalized spacial score (nSPS) is 11.7. The fraction of sp³-hybridized carbons (Fsp3) is 0.545. The zero-order chi connectivity index (χ0) is 12.0. The maximum Gasteiger partial charge on any atom is 0.333 e. The molecule has 0 radical (unpaired) electrons. The van der Waals surface area contributed by atoms with E-state index in [-0.39, 0.29) is 24.6 Å². The lowest BCUT2D eigenvalue weighted by atomic mass is 10.0. The van der Waals surface area contributed by atoms with Gasteiger partial charge < -0.3 is 4.74 Å². The fourth-order valence-electron chi connectivity index (χ4n) is 0.836. The highest BCUT2D eigenvalue weighted by atomic mass is 16.5. The second-order valence-corrected chi connectivity index (χ2v) is 3.62. The summed E-state index contributed by atoms with van der Waals surface area (Å²) >= 11 is 0. The van der Waals surface area contributed by atoms with E-state index in [1.165, 1.54) is 13.8 Å². The molecular formula is C11H16O4. The van der Waals surface area contributed by atoms with Crippen LogP contribution in [0, 0.1) is 5.92 Å². The predicted octanol–water partition coefficient (Wildman–Crippen LogP) is 1.29. The number of hydrogen-bond donors (Lipinski definition) is 0. The molecule has 0 saturated heterocycles. The third kappa shape index (κ3) is 5.78. The van der Waals surface area contributed by atoms with Crippen LogP contribution in [0.2, 0.25) is 0 Å². The van der Waals surface area contributed by atoms with Gasteiger partial charge in [-0.3, -0.25) is 9.59 Å². The fourth-order valence-corrected chi connectivity index (χ4v) is 0.836. The van der Waals surface area contributed by atoms with Crippen molar-refractivity contribution in [1.82, 2.24) is 0 Å². The van der Waals surface area contributed by atoms with Gasteiger partial charge in [0.1, 0.15) is 18.2 Å². The lowest BCUT2D eigenvalue weighted by Crippen LogP contribution is -2.21. The first-order chi connectivity index (χ1) is 6.84. The molecule has 0 aliphatic carbocycles. The van der Waals surface area contributed by atoms with E-state index in [9.17, 15) is 14.4 Å². The maximum atomic E-state index is 11.3. The lowest BCUT2D eigenvalue weighted by molar-refractivity contribution is -0.141. The molecule has 0 aliphatic rings. The van der Waals surface area contributed by atoms with Crippen molar-refractivity contribution in [3.05, 3.63) is 12.2 Å². The standard InChI is InChI=1S/C11H16O4/c1-7(2)11(14)15-6-8(3)10(13)5-9(4)12/h8H,1,5-6H2,2-4H3. The van der Waals surface area contributed by atoms with Gasteiger partial charge in [-0.15, -0.1) is 0 Å². The van der Waals surface area contributed by atoms with Crippen molar-refractivity contribution in [2.75, 3.05) is 6.61 Å². The van der Waals surface area contributed by atoms with E-state index >= 15 is 0 Å². The lowest BCUT2D eigenvalue weighted by Gasteiger charge is -2.10. The quantitative estimate of drug-likeness (QED) is 0.378. The summed E-state index contributed by atoms with van der Waals surface area (Å²) in [6, 6.07) is 0. The third-order valence-electron chi connectivity index (χ3n) is 1.79. The monoisotopic (exact) mass is 212 g/mol. The summed E-state index contributed by atoms with van der Waals surface area (Å²) in [6.07, 6.45) is -0.105. The number of esters is 1. The molecule has 0 aliphatic heterocycles. The first-order valence-corrected chi connectivity index (χ1v) is 4.69. The van der Waals surface area contributed by atoms with Crippen molar-refractivity contribution in [3.8, 4) is 0 Å². The number of ether oxygens (including phenoxy) is 1. The number of rotatable bonds is 6. The third-order valence-corrected chi connectivity index (χ3v) is 1.79. The van der Waals surface area contributed by atoms with Crippen molar-refractivity contribution in [2.45, 2.75) is 27.2 Å². The predicted molar refractivity (Wildman–Crippen MR) is 55.2 cm³/mol. The van der Waals surface area contributed by atoms with Crippen LogP contribution < -0.4 is 0 Å². The first kappa shape index (κ1) is 13.5. The molecule has 0 amide bonds. The molecule has 0 fully saturated rings. The van der Waals surface area contributed by atoms with Gasteiger partial charge in [-0.05, 0) is 13.8 Å². The van der Waals surface area contributed by atoms with Gasteiger partial charge in [0, 0.05) is 11.5 Å². The molecular weight excluding hydrogens is 196 g/mol. The Bertz CT molecular complexity index is 291. The summed E-state index contributed by atoms with van der Waals surface area (Å²) in [5.74, 6) is -1.36. The van der Waals surface area contributed by atoms with Gasteiger partial charge >= 0.3 is 5.97 Å². The molecule has 84 valence electrons. The van der Waals surface area contributed by atoms with Gasteiger partial charge in [-0.25, -0.2) is 4.79 Å². The zero-order valence-corrected chi connectivity index (χ0v) is 9.33. The van der Waals surface area contributed by atoms with Crippen LogP contribution >= 0.6 is 0 Å². The average molecular weight is 212 g/mol. The van der Waals surface area contributed by atoms with Crippen LogP contribution in [0.25, 0.3) is 0 Å². The van der Waals surface area contributed by atoms with Crippen LogP contribution in [0.3, 0.4) is 0 Å². The Hall–Kier alpha value is -1.45. The highest BCUT2D eigenvalue weighted by Gasteiger charge is 2.16. The van der Waals surface area contributed by atoms with Crippen LogP contribution in [-0.4, -0.2) is 24.1 Å². The molecule has 0 aromatic carbocycles. The van der Waals surface area contributed by atoms with Crippen molar-refractivity contribution < 1.29 is 19.1 Å². The number of carbonyl (C=O) groups is 3. The number of ketones is 2. The van der Waals surface area contributed by atoms with E-state index in [2.05, 4.69) is 6.58 Å². The Morgan fingerprint density at radius 3 is 2.20 bits per heavy atom. The highest BCUT2D eigenvalue weighted by Crippen LogP contribution is 2.04. The molecule has 4 nitrogen and oxygen atoms in total. The van der Waals surface area contributed by atoms with Crippen molar-refractivity contribution in [2.24, 2.45) is 5.92 Å². The minimum absolute atomic E-state index is 0.00218. The molecule has 15 heavy (non-hydrogen) atoms. The highest BCUT2D eigenvalue weighted by molar-refractivity contribution is 5.99. The zero-order valence-electron chi connectivity index (χ0n) is 9.33. The summed E-state index contributed by atoms with van der Waals surface area (Å²) in [5, 5.41) is 0. The molecule has 0 spiro atoms. The van der Waals surface area contributed by atoms with E-state index in [1.54, 1.807) is 6.92 Å². The Morgan fingerprint density at radius 1 is 1.27 bits per heavy atom. The molecule has 4 heteroatoms. The van der Waals surface area contributed by atoms with Crippen LogP contribution in [0.4, 0.5) is 0 Å². The van der Waals surface area contributed by atoms with Crippen LogP contribution in [0.15, 0.2) is 12.2 Å². The molecule has 1 unspecified atom stereocenters. The van der Waals surface area contributed by atoms with E-state index in [0.717, 1.165) is 0 Å².